The zero-order valence-corrected chi connectivity index (χ0v) is 15.0. The van der Waals surface area contributed by atoms with Crippen LogP contribution in [0, 0.1) is 0 Å². The lowest BCUT2D eigenvalue weighted by atomic mass is 10.0. The molecule has 2 aromatic carbocycles. The standard InChI is InChI=1S/C21H25NO3/c1-5-14-24-19-12-8-18(9-13-19)22-21(23)16(4)25-20-10-6-17(7-11-20)15(2)3/h5-13,15-16H,1,14H2,2-4H3,(H,22,23). The van der Waals surface area contributed by atoms with Gasteiger partial charge in [-0.05, 0) is 54.8 Å². The molecule has 0 spiro atoms. The third-order valence-electron chi connectivity index (χ3n) is 3.72. The Kier molecular flexibility index (Phi) is 6.63. The van der Waals surface area contributed by atoms with Crippen LogP contribution in [0.4, 0.5) is 5.69 Å². The second-order valence-corrected chi connectivity index (χ2v) is 6.10. The average Bonchev–Trinajstić information content (AvgIpc) is 2.61. The molecule has 1 atom stereocenters. The molecule has 2 aromatic rings. The van der Waals surface area contributed by atoms with Crippen molar-refractivity contribution >= 4 is 11.6 Å². The predicted octanol–water partition coefficient (Wildman–Crippen LogP) is 4.78. The Morgan fingerprint density at radius 3 is 2.20 bits per heavy atom. The summed E-state index contributed by atoms with van der Waals surface area (Å²) < 4.78 is 11.1. The summed E-state index contributed by atoms with van der Waals surface area (Å²) in [5.74, 6) is 1.67. The molecule has 132 valence electrons. The largest absolute Gasteiger partial charge is 0.490 e. The molecule has 1 N–H and O–H groups in total. The lowest BCUT2D eigenvalue weighted by Crippen LogP contribution is -2.30. The van der Waals surface area contributed by atoms with Crippen LogP contribution in [0.1, 0.15) is 32.3 Å². The number of carbonyl (C=O) groups excluding carboxylic acids is 1. The molecule has 0 aliphatic rings. The first-order valence-electron chi connectivity index (χ1n) is 8.41. The molecule has 0 bridgehead atoms. The fraction of sp³-hybridized carbons (Fsp3) is 0.286. The SMILES string of the molecule is C=CCOc1ccc(NC(=O)C(C)Oc2ccc(C(C)C)cc2)cc1. The average molecular weight is 339 g/mol. The van der Waals surface area contributed by atoms with Crippen LogP contribution in [-0.2, 0) is 4.79 Å². The minimum absolute atomic E-state index is 0.201. The Balaban J connectivity index is 1.90. The maximum Gasteiger partial charge on any atom is 0.265 e. The summed E-state index contributed by atoms with van der Waals surface area (Å²) in [4.78, 5) is 12.3. The van der Waals surface area contributed by atoms with Crippen LogP contribution in [-0.4, -0.2) is 18.6 Å². The highest BCUT2D eigenvalue weighted by molar-refractivity contribution is 5.94. The maximum atomic E-state index is 12.3. The van der Waals surface area contributed by atoms with Gasteiger partial charge < -0.3 is 14.8 Å². The number of carbonyl (C=O) groups is 1. The third kappa shape index (κ3) is 5.68. The van der Waals surface area contributed by atoms with Gasteiger partial charge in [0.25, 0.3) is 5.91 Å². The monoisotopic (exact) mass is 339 g/mol. The fourth-order valence-corrected chi connectivity index (χ4v) is 2.22. The molecular formula is C21H25NO3. The molecule has 0 radical (unpaired) electrons. The van der Waals surface area contributed by atoms with E-state index in [0.29, 0.717) is 24.0 Å². The van der Waals surface area contributed by atoms with E-state index in [4.69, 9.17) is 9.47 Å². The van der Waals surface area contributed by atoms with Crippen molar-refractivity contribution in [1.29, 1.82) is 0 Å². The topological polar surface area (TPSA) is 47.6 Å². The Bertz CT molecular complexity index is 690. The minimum atomic E-state index is -0.596. The van der Waals surface area contributed by atoms with Crippen molar-refractivity contribution in [2.24, 2.45) is 0 Å². The highest BCUT2D eigenvalue weighted by Crippen LogP contribution is 2.20. The van der Waals surface area contributed by atoms with E-state index in [-0.39, 0.29) is 5.91 Å². The molecule has 0 aliphatic carbocycles. The van der Waals surface area contributed by atoms with Gasteiger partial charge in [-0.15, -0.1) is 0 Å². The van der Waals surface area contributed by atoms with Gasteiger partial charge >= 0.3 is 0 Å². The Morgan fingerprint density at radius 1 is 1.04 bits per heavy atom. The highest BCUT2D eigenvalue weighted by atomic mass is 16.5. The Morgan fingerprint density at radius 2 is 1.64 bits per heavy atom. The highest BCUT2D eigenvalue weighted by Gasteiger charge is 2.15. The van der Waals surface area contributed by atoms with Crippen molar-refractivity contribution in [3.05, 3.63) is 66.7 Å². The van der Waals surface area contributed by atoms with Gasteiger partial charge in [-0.3, -0.25) is 4.79 Å². The van der Waals surface area contributed by atoms with E-state index in [1.807, 2.05) is 24.3 Å². The predicted molar refractivity (Wildman–Crippen MR) is 101 cm³/mol. The van der Waals surface area contributed by atoms with Gasteiger partial charge in [0, 0.05) is 5.69 Å². The van der Waals surface area contributed by atoms with Crippen LogP contribution in [0.25, 0.3) is 0 Å². The lowest BCUT2D eigenvalue weighted by Gasteiger charge is -2.15. The molecule has 4 nitrogen and oxygen atoms in total. The van der Waals surface area contributed by atoms with Gasteiger partial charge in [0.05, 0.1) is 0 Å². The molecule has 0 heterocycles. The van der Waals surface area contributed by atoms with Crippen LogP contribution >= 0.6 is 0 Å². The quantitative estimate of drug-likeness (QED) is 0.704. The van der Waals surface area contributed by atoms with E-state index in [1.165, 1.54) is 5.56 Å². The number of ether oxygens (including phenoxy) is 2. The first-order chi connectivity index (χ1) is 12.0. The summed E-state index contributed by atoms with van der Waals surface area (Å²) in [6.07, 6.45) is 1.09. The summed E-state index contributed by atoms with van der Waals surface area (Å²) in [6.45, 7) is 10.1. The van der Waals surface area contributed by atoms with E-state index in [1.54, 1.807) is 37.3 Å². The van der Waals surface area contributed by atoms with Crippen molar-refractivity contribution in [2.45, 2.75) is 32.8 Å². The van der Waals surface area contributed by atoms with Crippen molar-refractivity contribution < 1.29 is 14.3 Å². The van der Waals surface area contributed by atoms with Crippen molar-refractivity contribution in [2.75, 3.05) is 11.9 Å². The second-order valence-electron chi connectivity index (χ2n) is 6.10. The van der Waals surface area contributed by atoms with Crippen LogP contribution in [0.2, 0.25) is 0 Å². The Labute approximate surface area is 149 Å². The lowest BCUT2D eigenvalue weighted by molar-refractivity contribution is -0.122. The normalized spacial score (nSPS) is 11.7. The molecule has 25 heavy (non-hydrogen) atoms. The van der Waals surface area contributed by atoms with Crippen LogP contribution in [0.5, 0.6) is 11.5 Å². The molecule has 4 heteroatoms. The number of hydrogen-bond donors (Lipinski definition) is 1. The second kappa shape index (κ2) is 8.92. The van der Waals surface area contributed by atoms with Crippen LogP contribution < -0.4 is 14.8 Å². The fourth-order valence-electron chi connectivity index (χ4n) is 2.22. The summed E-state index contributed by atoms with van der Waals surface area (Å²) >= 11 is 0. The third-order valence-corrected chi connectivity index (χ3v) is 3.72. The molecule has 1 unspecified atom stereocenters. The maximum absolute atomic E-state index is 12.3. The van der Waals surface area contributed by atoms with E-state index < -0.39 is 6.10 Å². The van der Waals surface area contributed by atoms with Gasteiger partial charge in [-0.1, -0.05) is 38.6 Å². The number of anilines is 1. The van der Waals surface area contributed by atoms with Crippen LogP contribution in [0.15, 0.2) is 61.2 Å². The first-order valence-corrected chi connectivity index (χ1v) is 8.41. The number of nitrogens with one attached hydrogen (secondary N) is 1. The van der Waals surface area contributed by atoms with Gasteiger partial charge in [-0.25, -0.2) is 0 Å². The van der Waals surface area contributed by atoms with Gasteiger partial charge in [0.1, 0.15) is 18.1 Å². The molecule has 0 saturated carbocycles. The number of rotatable bonds is 8. The van der Waals surface area contributed by atoms with E-state index in [0.717, 1.165) is 5.75 Å². The summed E-state index contributed by atoms with van der Waals surface area (Å²) in [5.41, 5.74) is 1.93. The molecule has 2 rings (SSSR count). The molecule has 0 aliphatic heterocycles. The van der Waals surface area contributed by atoms with Gasteiger partial charge in [-0.2, -0.15) is 0 Å². The first kappa shape index (κ1) is 18.6. The molecular weight excluding hydrogens is 314 g/mol. The van der Waals surface area contributed by atoms with Gasteiger partial charge in [0.15, 0.2) is 6.10 Å². The van der Waals surface area contributed by atoms with Crippen LogP contribution in [0.3, 0.4) is 0 Å². The number of hydrogen-bond acceptors (Lipinski definition) is 3. The molecule has 0 saturated heterocycles. The van der Waals surface area contributed by atoms with E-state index >= 15 is 0 Å². The summed E-state index contributed by atoms with van der Waals surface area (Å²) in [6, 6.07) is 15.0. The number of amides is 1. The molecule has 1 amide bonds. The summed E-state index contributed by atoms with van der Waals surface area (Å²) in [5, 5.41) is 2.84. The zero-order chi connectivity index (χ0) is 18.2. The zero-order valence-electron chi connectivity index (χ0n) is 15.0. The van der Waals surface area contributed by atoms with Crippen molar-refractivity contribution in [1.82, 2.24) is 0 Å². The van der Waals surface area contributed by atoms with Crippen molar-refractivity contribution in [3.63, 3.8) is 0 Å². The molecule has 0 fully saturated rings. The van der Waals surface area contributed by atoms with Gasteiger partial charge in [0.2, 0.25) is 0 Å². The molecule has 0 aromatic heterocycles. The number of benzene rings is 2. The van der Waals surface area contributed by atoms with E-state index in [9.17, 15) is 4.79 Å². The Hall–Kier alpha value is -2.75. The van der Waals surface area contributed by atoms with Crippen molar-refractivity contribution in [3.8, 4) is 11.5 Å². The summed E-state index contributed by atoms with van der Waals surface area (Å²) in [7, 11) is 0. The van der Waals surface area contributed by atoms with E-state index in [2.05, 4.69) is 25.7 Å². The minimum Gasteiger partial charge on any atom is -0.490 e. The smallest absolute Gasteiger partial charge is 0.265 e.